The Kier molecular flexibility index (Phi) is 5.77. The van der Waals surface area contributed by atoms with Crippen LogP contribution in [0, 0.1) is 0 Å². The van der Waals surface area contributed by atoms with Gasteiger partial charge in [0.15, 0.2) is 0 Å². The predicted octanol–water partition coefficient (Wildman–Crippen LogP) is 3.12. The molecule has 3 N–H and O–H groups in total. The summed E-state index contributed by atoms with van der Waals surface area (Å²) in [4.78, 5) is 15.1. The number of carbonyl (C=O) groups excluding carboxylic acids is 1. The second kappa shape index (κ2) is 8.02. The summed E-state index contributed by atoms with van der Waals surface area (Å²) in [7, 11) is 0. The van der Waals surface area contributed by atoms with Gasteiger partial charge in [-0.25, -0.2) is 0 Å². The van der Waals surface area contributed by atoms with E-state index in [1.807, 2.05) is 24.3 Å². The normalized spacial score (nSPS) is 21.3. The van der Waals surface area contributed by atoms with Crippen molar-refractivity contribution in [3.05, 3.63) is 29.8 Å². The van der Waals surface area contributed by atoms with Crippen molar-refractivity contribution in [3.63, 3.8) is 0 Å². The molecule has 1 heterocycles. The average molecular weight is 329 g/mol. The molecule has 1 aliphatic carbocycles. The van der Waals surface area contributed by atoms with Crippen LogP contribution in [0.2, 0.25) is 0 Å². The quantitative estimate of drug-likeness (QED) is 0.816. The molecule has 2 aliphatic rings. The standard InChI is InChI=1S/C20H31N3O/c21-18-9-7-17(8-10-18)15-19(24)22-16-20(11-3-1-4-12-20)23-13-5-2-6-14-23/h7-10H,1-6,11-16,21H2,(H,22,24). The Morgan fingerprint density at radius 1 is 1.00 bits per heavy atom. The molecule has 24 heavy (non-hydrogen) atoms. The maximum atomic E-state index is 12.4. The minimum Gasteiger partial charge on any atom is -0.399 e. The van der Waals surface area contributed by atoms with E-state index < -0.39 is 0 Å². The molecular formula is C20H31N3O. The van der Waals surface area contributed by atoms with Crippen molar-refractivity contribution in [2.45, 2.75) is 63.3 Å². The van der Waals surface area contributed by atoms with Gasteiger partial charge in [0, 0.05) is 17.8 Å². The Balaban J connectivity index is 1.58. The second-order valence-electron chi connectivity index (χ2n) is 7.53. The molecule has 1 aromatic carbocycles. The van der Waals surface area contributed by atoms with Gasteiger partial charge in [0.1, 0.15) is 0 Å². The van der Waals surface area contributed by atoms with Crippen LogP contribution in [0.1, 0.15) is 56.9 Å². The van der Waals surface area contributed by atoms with E-state index in [1.165, 1.54) is 64.5 Å². The smallest absolute Gasteiger partial charge is 0.224 e. The van der Waals surface area contributed by atoms with Gasteiger partial charge in [-0.1, -0.05) is 37.8 Å². The number of carbonyl (C=O) groups is 1. The summed E-state index contributed by atoms with van der Waals surface area (Å²) < 4.78 is 0. The van der Waals surface area contributed by atoms with Crippen LogP contribution in [-0.4, -0.2) is 36.0 Å². The molecule has 0 aromatic heterocycles. The Morgan fingerprint density at radius 2 is 1.62 bits per heavy atom. The number of nitrogens with two attached hydrogens (primary N) is 1. The lowest BCUT2D eigenvalue weighted by atomic mass is 9.79. The van der Waals surface area contributed by atoms with Crippen LogP contribution in [0.3, 0.4) is 0 Å². The molecule has 1 aromatic rings. The number of anilines is 1. The fourth-order valence-electron chi connectivity index (χ4n) is 4.33. The zero-order valence-electron chi connectivity index (χ0n) is 14.7. The average Bonchev–Trinajstić information content (AvgIpc) is 2.63. The number of rotatable bonds is 5. The number of nitrogen functional groups attached to an aromatic ring is 1. The third-order valence-corrected chi connectivity index (χ3v) is 5.77. The van der Waals surface area contributed by atoms with Gasteiger partial charge >= 0.3 is 0 Å². The monoisotopic (exact) mass is 329 g/mol. The molecule has 1 aliphatic heterocycles. The molecule has 0 unspecified atom stereocenters. The van der Waals surface area contributed by atoms with E-state index in [0.29, 0.717) is 6.42 Å². The predicted molar refractivity (Wildman–Crippen MR) is 98.8 cm³/mol. The minimum atomic E-state index is 0.127. The highest BCUT2D eigenvalue weighted by Crippen LogP contribution is 2.35. The Bertz CT molecular complexity index is 528. The highest BCUT2D eigenvalue weighted by molar-refractivity contribution is 5.78. The molecule has 2 fully saturated rings. The molecule has 3 rings (SSSR count). The van der Waals surface area contributed by atoms with Crippen molar-refractivity contribution in [3.8, 4) is 0 Å². The van der Waals surface area contributed by atoms with E-state index in [2.05, 4.69) is 10.2 Å². The number of amides is 1. The number of nitrogens with zero attached hydrogens (tertiary/aromatic N) is 1. The van der Waals surface area contributed by atoms with Crippen molar-refractivity contribution < 1.29 is 4.79 Å². The van der Waals surface area contributed by atoms with Crippen molar-refractivity contribution >= 4 is 11.6 Å². The molecule has 132 valence electrons. The number of likely N-dealkylation sites (tertiary alicyclic amines) is 1. The van der Waals surface area contributed by atoms with Crippen LogP contribution >= 0.6 is 0 Å². The first kappa shape index (κ1) is 17.3. The van der Waals surface area contributed by atoms with E-state index in [1.54, 1.807) is 0 Å². The molecule has 4 nitrogen and oxygen atoms in total. The first-order valence-electron chi connectivity index (χ1n) is 9.54. The van der Waals surface area contributed by atoms with E-state index in [9.17, 15) is 4.79 Å². The molecule has 1 amide bonds. The Morgan fingerprint density at radius 3 is 2.29 bits per heavy atom. The molecule has 0 atom stereocenters. The van der Waals surface area contributed by atoms with Gasteiger partial charge in [-0.3, -0.25) is 9.69 Å². The molecule has 1 saturated carbocycles. The third kappa shape index (κ3) is 4.29. The first-order valence-corrected chi connectivity index (χ1v) is 9.54. The van der Waals surface area contributed by atoms with Crippen molar-refractivity contribution in [2.24, 2.45) is 0 Å². The third-order valence-electron chi connectivity index (χ3n) is 5.77. The van der Waals surface area contributed by atoms with Crippen LogP contribution in [0.25, 0.3) is 0 Å². The zero-order chi connectivity index (χ0) is 16.8. The van der Waals surface area contributed by atoms with E-state index in [0.717, 1.165) is 17.8 Å². The van der Waals surface area contributed by atoms with Crippen LogP contribution < -0.4 is 11.1 Å². The summed E-state index contributed by atoms with van der Waals surface area (Å²) in [6.45, 7) is 3.21. The summed E-state index contributed by atoms with van der Waals surface area (Å²) in [6.07, 6.45) is 10.8. The van der Waals surface area contributed by atoms with Crippen LogP contribution in [0.4, 0.5) is 5.69 Å². The highest BCUT2D eigenvalue weighted by Gasteiger charge is 2.38. The van der Waals surface area contributed by atoms with Gasteiger partial charge in [-0.15, -0.1) is 0 Å². The lowest BCUT2D eigenvalue weighted by Crippen LogP contribution is -2.58. The van der Waals surface area contributed by atoms with Crippen molar-refractivity contribution in [1.29, 1.82) is 0 Å². The lowest BCUT2D eigenvalue weighted by molar-refractivity contribution is -0.121. The van der Waals surface area contributed by atoms with E-state index in [-0.39, 0.29) is 11.4 Å². The largest absolute Gasteiger partial charge is 0.399 e. The Labute approximate surface area is 145 Å². The minimum absolute atomic E-state index is 0.127. The fourth-order valence-corrected chi connectivity index (χ4v) is 4.33. The van der Waals surface area contributed by atoms with Gasteiger partial charge in [0.2, 0.25) is 5.91 Å². The first-order chi connectivity index (χ1) is 11.7. The van der Waals surface area contributed by atoms with E-state index in [4.69, 9.17) is 5.73 Å². The molecule has 0 bridgehead atoms. The summed E-state index contributed by atoms with van der Waals surface area (Å²) in [5, 5.41) is 3.24. The molecule has 1 saturated heterocycles. The van der Waals surface area contributed by atoms with Crippen molar-refractivity contribution in [2.75, 3.05) is 25.4 Å². The second-order valence-corrected chi connectivity index (χ2v) is 7.53. The van der Waals surface area contributed by atoms with Crippen LogP contribution in [-0.2, 0) is 11.2 Å². The topological polar surface area (TPSA) is 58.4 Å². The maximum Gasteiger partial charge on any atom is 0.224 e. The number of benzene rings is 1. The van der Waals surface area contributed by atoms with Gasteiger partial charge in [-0.05, 0) is 56.5 Å². The van der Waals surface area contributed by atoms with E-state index >= 15 is 0 Å². The maximum absolute atomic E-state index is 12.4. The SMILES string of the molecule is Nc1ccc(CC(=O)NCC2(N3CCCCC3)CCCCC2)cc1. The van der Waals surface area contributed by atoms with Crippen molar-refractivity contribution in [1.82, 2.24) is 10.2 Å². The zero-order valence-corrected chi connectivity index (χ0v) is 14.7. The summed E-state index contributed by atoms with van der Waals surface area (Å²) in [5.41, 5.74) is 7.68. The molecular weight excluding hydrogens is 298 g/mol. The van der Waals surface area contributed by atoms with Crippen LogP contribution in [0.5, 0.6) is 0 Å². The fraction of sp³-hybridized carbons (Fsp3) is 0.650. The number of nitrogens with one attached hydrogen (secondary N) is 1. The lowest BCUT2D eigenvalue weighted by Gasteiger charge is -2.48. The number of piperidine rings is 1. The van der Waals surface area contributed by atoms with Gasteiger partial charge in [0.25, 0.3) is 0 Å². The van der Waals surface area contributed by atoms with Gasteiger partial charge in [-0.2, -0.15) is 0 Å². The number of hydrogen-bond donors (Lipinski definition) is 2. The summed E-state index contributed by atoms with van der Waals surface area (Å²) in [6, 6.07) is 7.60. The Hall–Kier alpha value is -1.55. The molecule has 0 spiro atoms. The van der Waals surface area contributed by atoms with Crippen LogP contribution in [0.15, 0.2) is 24.3 Å². The van der Waals surface area contributed by atoms with Gasteiger partial charge < -0.3 is 11.1 Å². The summed E-state index contributed by atoms with van der Waals surface area (Å²) >= 11 is 0. The highest BCUT2D eigenvalue weighted by atomic mass is 16.1. The molecule has 4 heteroatoms. The molecule has 0 radical (unpaired) electrons. The van der Waals surface area contributed by atoms with Gasteiger partial charge in [0.05, 0.1) is 6.42 Å². The number of hydrogen-bond acceptors (Lipinski definition) is 3. The summed E-state index contributed by atoms with van der Waals surface area (Å²) in [5.74, 6) is 0.127.